The Morgan fingerprint density at radius 2 is 2.00 bits per heavy atom. The van der Waals surface area contributed by atoms with Crippen LogP contribution in [-0.4, -0.2) is 33.9 Å². The molecule has 140 valence electrons. The first-order chi connectivity index (χ1) is 13.3. The molecule has 1 saturated heterocycles. The Bertz CT molecular complexity index is 958. The molecule has 5 nitrogen and oxygen atoms in total. The van der Waals surface area contributed by atoms with Crippen molar-refractivity contribution in [2.24, 2.45) is 0 Å². The maximum Gasteiger partial charge on any atom is 0.165 e. The second kappa shape index (κ2) is 6.97. The molecule has 1 atom stereocenters. The van der Waals surface area contributed by atoms with E-state index >= 15 is 0 Å². The average molecular weight is 362 g/mol. The van der Waals surface area contributed by atoms with Gasteiger partial charge in [0.2, 0.25) is 0 Å². The molecule has 1 aliphatic heterocycles. The Hall–Kier alpha value is -2.40. The molecule has 1 fully saturated rings. The standard InChI is InChI=1S/C22H26N4O/c1-15-20(16-8-3-2-4-9-16)22-24-19-12-6-5-11-18(19)21(26(22)25-15)23-14-17-10-7-13-27-17/h2-4,8-9,17,23H,5-7,10-14H2,1H3. The highest BCUT2D eigenvalue weighted by Crippen LogP contribution is 2.33. The Balaban J connectivity index is 1.64. The molecule has 0 bridgehead atoms. The van der Waals surface area contributed by atoms with Gasteiger partial charge in [0.25, 0.3) is 0 Å². The maximum atomic E-state index is 5.82. The van der Waals surface area contributed by atoms with Crippen molar-refractivity contribution in [3.8, 4) is 11.1 Å². The third-order valence-corrected chi connectivity index (χ3v) is 5.80. The van der Waals surface area contributed by atoms with E-state index in [0.29, 0.717) is 6.10 Å². The van der Waals surface area contributed by atoms with E-state index in [-0.39, 0.29) is 0 Å². The predicted octanol–water partition coefficient (Wildman–Crippen LogP) is 4.17. The second-order valence-electron chi connectivity index (χ2n) is 7.67. The Morgan fingerprint density at radius 1 is 1.15 bits per heavy atom. The van der Waals surface area contributed by atoms with Gasteiger partial charge in [0.05, 0.1) is 11.8 Å². The minimum atomic E-state index is 0.303. The number of nitrogens with zero attached hydrogens (tertiary/aromatic N) is 3. The minimum absolute atomic E-state index is 0.303. The number of anilines is 1. The summed E-state index contributed by atoms with van der Waals surface area (Å²) in [5.41, 5.74) is 6.89. The van der Waals surface area contributed by atoms with Crippen molar-refractivity contribution in [1.82, 2.24) is 14.6 Å². The SMILES string of the molecule is Cc1nn2c(NCC3CCCO3)c3c(nc2c1-c1ccccc1)CCCC3. The molecule has 1 aliphatic carbocycles. The lowest BCUT2D eigenvalue weighted by molar-refractivity contribution is 0.120. The van der Waals surface area contributed by atoms with Crippen LogP contribution < -0.4 is 5.32 Å². The molecule has 1 N–H and O–H groups in total. The number of aromatic nitrogens is 3. The normalized spacial score (nSPS) is 19.4. The van der Waals surface area contributed by atoms with E-state index in [1.807, 2.05) is 4.52 Å². The number of benzene rings is 1. The number of ether oxygens (including phenoxy) is 1. The van der Waals surface area contributed by atoms with E-state index in [1.165, 1.54) is 29.7 Å². The van der Waals surface area contributed by atoms with Crippen molar-refractivity contribution in [2.75, 3.05) is 18.5 Å². The summed E-state index contributed by atoms with van der Waals surface area (Å²) in [7, 11) is 0. The van der Waals surface area contributed by atoms with E-state index in [1.54, 1.807) is 0 Å². The first kappa shape index (κ1) is 16.8. The number of hydrogen-bond acceptors (Lipinski definition) is 4. The van der Waals surface area contributed by atoms with Crippen LogP contribution in [0.3, 0.4) is 0 Å². The van der Waals surface area contributed by atoms with Gasteiger partial charge in [0.15, 0.2) is 5.65 Å². The summed E-state index contributed by atoms with van der Waals surface area (Å²) in [5.74, 6) is 1.12. The zero-order valence-corrected chi connectivity index (χ0v) is 15.9. The third kappa shape index (κ3) is 3.00. The van der Waals surface area contributed by atoms with Crippen LogP contribution in [0.15, 0.2) is 30.3 Å². The molecule has 3 heterocycles. The summed E-state index contributed by atoms with van der Waals surface area (Å²) < 4.78 is 7.86. The van der Waals surface area contributed by atoms with Gasteiger partial charge in [-0.3, -0.25) is 0 Å². The summed E-state index contributed by atoms with van der Waals surface area (Å²) in [5, 5.41) is 8.58. The number of nitrogens with one attached hydrogen (secondary N) is 1. The molecule has 3 aromatic rings. The molecule has 2 aliphatic rings. The second-order valence-corrected chi connectivity index (χ2v) is 7.67. The smallest absolute Gasteiger partial charge is 0.165 e. The molecular weight excluding hydrogens is 336 g/mol. The van der Waals surface area contributed by atoms with Crippen LogP contribution in [0.2, 0.25) is 0 Å². The zero-order valence-electron chi connectivity index (χ0n) is 15.9. The summed E-state index contributed by atoms with van der Waals surface area (Å²) >= 11 is 0. The number of aryl methyl sites for hydroxylation is 2. The lowest BCUT2D eigenvalue weighted by Gasteiger charge is -2.21. The van der Waals surface area contributed by atoms with Crippen LogP contribution in [0.1, 0.15) is 42.6 Å². The van der Waals surface area contributed by atoms with Crippen molar-refractivity contribution in [2.45, 2.75) is 51.6 Å². The largest absolute Gasteiger partial charge is 0.376 e. The van der Waals surface area contributed by atoms with E-state index < -0.39 is 0 Å². The Morgan fingerprint density at radius 3 is 2.81 bits per heavy atom. The fourth-order valence-electron chi connectivity index (χ4n) is 4.44. The number of rotatable bonds is 4. The molecule has 27 heavy (non-hydrogen) atoms. The lowest BCUT2D eigenvalue weighted by atomic mass is 9.96. The monoisotopic (exact) mass is 362 g/mol. The topological polar surface area (TPSA) is 51.5 Å². The van der Waals surface area contributed by atoms with Crippen LogP contribution >= 0.6 is 0 Å². The van der Waals surface area contributed by atoms with Gasteiger partial charge in [-0.2, -0.15) is 9.61 Å². The van der Waals surface area contributed by atoms with Gasteiger partial charge in [0, 0.05) is 30.0 Å². The van der Waals surface area contributed by atoms with Gasteiger partial charge in [-0.05, 0) is 51.0 Å². The van der Waals surface area contributed by atoms with Gasteiger partial charge >= 0.3 is 0 Å². The molecule has 1 aromatic carbocycles. The van der Waals surface area contributed by atoms with Crippen LogP contribution in [0.4, 0.5) is 5.82 Å². The summed E-state index contributed by atoms with van der Waals surface area (Å²) in [6.07, 6.45) is 7.17. The van der Waals surface area contributed by atoms with Gasteiger partial charge in [-0.1, -0.05) is 30.3 Å². The highest BCUT2D eigenvalue weighted by atomic mass is 16.5. The summed E-state index contributed by atoms with van der Waals surface area (Å²) in [4.78, 5) is 5.08. The van der Waals surface area contributed by atoms with Crippen molar-refractivity contribution >= 4 is 11.5 Å². The first-order valence-corrected chi connectivity index (χ1v) is 10.1. The van der Waals surface area contributed by atoms with Crippen molar-refractivity contribution in [3.05, 3.63) is 47.3 Å². The van der Waals surface area contributed by atoms with Gasteiger partial charge in [-0.25, -0.2) is 4.98 Å². The first-order valence-electron chi connectivity index (χ1n) is 10.1. The van der Waals surface area contributed by atoms with E-state index in [9.17, 15) is 0 Å². The molecule has 0 spiro atoms. The molecule has 5 rings (SSSR count). The molecule has 0 radical (unpaired) electrons. The molecule has 0 saturated carbocycles. The number of hydrogen-bond donors (Lipinski definition) is 1. The maximum absolute atomic E-state index is 5.82. The summed E-state index contributed by atoms with van der Waals surface area (Å²) in [6.45, 7) is 3.81. The molecular formula is C22H26N4O. The molecule has 5 heteroatoms. The Kier molecular flexibility index (Phi) is 4.32. The fraction of sp³-hybridized carbons (Fsp3) is 0.455. The summed E-state index contributed by atoms with van der Waals surface area (Å²) in [6, 6.07) is 10.5. The fourth-order valence-corrected chi connectivity index (χ4v) is 4.44. The highest BCUT2D eigenvalue weighted by Gasteiger charge is 2.24. The number of fused-ring (bicyclic) bond motifs is 2. The molecule has 0 amide bonds. The van der Waals surface area contributed by atoms with Crippen LogP contribution in [0.25, 0.3) is 16.8 Å². The van der Waals surface area contributed by atoms with Crippen LogP contribution in [0.5, 0.6) is 0 Å². The van der Waals surface area contributed by atoms with Crippen LogP contribution in [-0.2, 0) is 17.6 Å². The van der Waals surface area contributed by atoms with Gasteiger partial charge < -0.3 is 10.1 Å². The van der Waals surface area contributed by atoms with Crippen molar-refractivity contribution in [1.29, 1.82) is 0 Å². The van der Waals surface area contributed by atoms with Crippen LogP contribution in [0, 0.1) is 6.92 Å². The minimum Gasteiger partial charge on any atom is -0.376 e. The Labute approximate surface area is 159 Å². The van der Waals surface area contributed by atoms with Crippen molar-refractivity contribution < 1.29 is 4.74 Å². The molecule has 1 unspecified atom stereocenters. The predicted molar refractivity (Wildman–Crippen MR) is 107 cm³/mol. The molecule has 2 aromatic heterocycles. The highest BCUT2D eigenvalue weighted by molar-refractivity contribution is 5.81. The third-order valence-electron chi connectivity index (χ3n) is 5.80. The van der Waals surface area contributed by atoms with Gasteiger partial charge in [0.1, 0.15) is 5.82 Å². The van der Waals surface area contributed by atoms with E-state index in [2.05, 4.69) is 42.6 Å². The van der Waals surface area contributed by atoms with E-state index in [4.69, 9.17) is 14.8 Å². The zero-order chi connectivity index (χ0) is 18.2. The lowest BCUT2D eigenvalue weighted by Crippen LogP contribution is -2.22. The quantitative estimate of drug-likeness (QED) is 0.757. The average Bonchev–Trinajstić information content (AvgIpc) is 3.33. The van der Waals surface area contributed by atoms with Crippen molar-refractivity contribution in [3.63, 3.8) is 0 Å². The van der Waals surface area contributed by atoms with Gasteiger partial charge in [-0.15, -0.1) is 0 Å². The van der Waals surface area contributed by atoms with E-state index in [0.717, 1.165) is 61.6 Å².